The smallest absolute Gasteiger partial charge is 0.242 e. The van der Waals surface area contributed by atoms with Crippen molar-refractivity contribution >= 4 is 10.0 Å². The molecule has 0 aliphatic heterocycles. The van der Waals surface area contributed by atoms with Crippen LogP contribution < -0.4 is 5.73 Å². The van der Waals surface area contributed by atoms with Crippen molar-refractivity contribution < 1.29 is 12.8 Å². The minimum absolute atomic E-state index is 0.0288. The van der Waals surface area contributed by atoms with Gasteiger partial charge in [0.05, 0.1) is 4.90 Å². The summed E-state index contributed by atoms with van der Waals surface area (Å²) in [6, 6.07) is 2.67. The Hall–Kier alpha value is -0.980. The molecule has 4 nitrogen and oxygen atoms in total. The maximum atomic E-state index is 13.8. The van der Waals surface area contributed by atoms with E-state index in [-0.39, 0.29) is 28.0 Å². The van der Waals surface area contributed by atoms with E-state index in [4.69, 9.17) is 5.73 Å². The standard InChI is InChI=1S/C14H23FN2O2S/c1-10-6-12(7-11(8-16)13(10)15)20(18,19)17(5)9-14(2,3)4/h6-7H,8-9,16H2,1-5H3. The van der Waals surface area contributed by atoms with E-state index in [2.05, 4.69) is 0 Å². The summed E-state index contributed by atoms with van der Waals surface area (Å²) in [5.74, 6) is -0.440. The van der Waals surface area contributed by atoms with Crippen molar-refractivity contribution in [2.24, 2.45) is 11.1 Å². The van der Waals surface area contributed by atoms with Crippen molar-refractivity contribution in [3.63, 3.8) is 0 Å². The van der Waals surface area contributed by atoms with Crippen LogP contribution in [-0.2, 0) is 16.6 Å². The molecule has 0 heterocycles. The predicted molar refractivity (Wildman–Crippen MR) is 78.3 cm³/mol. The van der Waals surface area contributed by atoms with Crippen molar-refractivity contribution in [1.82, 2.24) is 4.31 Å². The SMILES string of the molecule is Cc1cc(S(=O)(=O)N(C)CC(C)(C)C)cc(CN)c1F. The molecule has 1 aromatic rings. The molecule has 0 aromatic heterocycles. The van der Waals surface area contributed by atoms with Gasteiger partial charge in [-0.05, 0) is 30.0 Å². The van der Waals surface area contributed by atoms with Crippen molar-refractivity contribution in [3.05, 3.63) is 29.1 Å². The summed E-state index contributed by atoms with van der Waals surface area (Å²) < 4.78 is 40.1. The topological polar surface area (TPSA) is 63.4 Å². The van der Waals surface area contributed by atoms with E-state index in [1.165, 1.54) is 30.4 Å². The Bertz CT molecular complexity index is 592. The molecular formula is C14H23FN2O2S. The molecule has 0 radical (unpaired) electrons. The molecule has 0 saturated heterocycles. The summed E-state index contributed by atoms with van der Waals surface area (Å²) in [6.45, 7) is 7.76. The molecule has 6 heteroatoms. The fourth-order valence-electron chi connectivity index (χ4n) is 2.04. The molecule has 0 unspecified atom stereocenters. The molecule has 20 heavy (non-hydrogen) atoms. The van der Waals surface area contributed by atoms with Crippen molar-refractivity contribution in [2.45, 2.75) is 39.1 Å². The highest BCUT2D eigenvalue weighted by Crippen LogP contribution is 2.24. The second-order valence-electron chi connectivity index (χ2n) is 6.24. The van der Waals surface area contributed by atoms with Crippen LogP contribution in [0.25, 0.3) is 0 Å². The van der Waals surface area contributed by atoms with Gasteiger partial charge in [-0.3, -0.25) is 0 Å². The van der Waals surface area contributed by atoms with Gasteiger partial charge in [0.25, 0.3) is 0 Å². The second kappa shape index (κ2) is 5.79. The summed E-state index contributed by atoms with van der Waals surface area (Å²) in [7, 11) is -2.10. The lowest BCUT2D eigenvalue weighted by atomic mass is 9.97. The minimum atomic E-state index is -3.63. The first kappa shape index (κ1) is 17.1. The quantitative estimate of drug-likeness (QED) is 0.928. The zero-order valence-electron chi connectivity index (χ0n) is 12.7. The lowest BCUT2D eigenvalue weighted by molar-refractivity contribution is 0.310. The molecule has 1 rings (SSSR count). The number of hydrogen-bond donors (Lipinski definition) is 1. The van der Waals surface area contributed by atoms with Crippen LogP contribution in [0.3, 0.4) is 0 Å². The molecule has 0 fully saturated rings. The van der Waals surface area contributed by atoms with Gasteiger partial charge >= 0.3 is 0 Å². The lowest BCUT2D eigenvalue weighted by Gasteiger charge is -2.26. The van der Waals surface area contributed by atoms with Crippen LogP contribution in [0.5, 0.6) is 0 Å². The molecule has 0 amide bonds. The molecule has 0 saturated carbocycles. The highest BCUT2D eigenvalue weighted by molar-refractivity contribution is 7.89. The average Bonchev–Trinajstić information content (AvgIpc) is 2.30. The van der Waals surface area contributed by atoms with Gasteiger partial charge in [0.1, 0.15) is 5.82 Å². The van der Waals surface area contributed by atoms with Crippen LogP contribution in [0.4, 0.5) is 4.39 Å². The van der Waals surface area contributed by atoms with Crippen LogP contribution in [0, 0.1) is 18.2 Å². The summed E-state index contributed by atoms with van der Waals surface area (Å²) in [5.41, 5.74) is 5.81. The largest absolute Gasteiger partial charge is 0.326 e. The number of halogens is 1. The number of hydrogen-bond acceptors (Lipinski definition) is 3. The van der Waals surface area contributed by atoms with Gasteiger partial charge in [0.2, 0.25) is 10.0 Å². The summed E-state index contributed by atoms with van der Waals surface area (Å²) in [4.78, 5) is 0.0867. The van der Waals surface area contributed by atoms with E-state index in [9.17, 15) is 12.8 Å². The minimum Gasteiger partial charge on any atom is -0.326 e. The van der Waals surface area contributed by atoms with Gasteiger partial charge in [-0.15, -0.1) is 0 Å². The first-order valence-corrected chi connectivity index (χ1v) is 7.88. The van der Waals surface area contributed by atoms with E-state index < -0.39 is 15.8 Å². The Morgan fingerprint density at radius 1 is 1.30 bits per heavy atom. The Kier molecular flexibility index (Phi) is 4.94. The molecule has 0 aliphatic carbocycles. The molecule has 114 valence electrons. The summed E-state index contributed by atoms with van der Waals surface area (Å²) >= 11 is 0. The molecule has 1 aromatic carbocycles. The zero-order valence-corrected chi connectivity index (χ0v) is 13.5. The number of rotatable bonds is 4. The number of sulfonamides is 1. The highest BCUT2D eigenvalue weighted by Gasteiger charge is 2.26. The number of nitrogens with zero attached hydrogens (tertiary/aromatic N) is 1. The summed E-state index contributed by atoms with van der Waals surface area (Å²) in [5, 5.41) is 0. The van der Waals surface area contributed by atoms with Crippen molar-refractivity contribution in [2.75, 3.05) is 13.6 Å². The van der Waals surface area contributed by atoms with Crippen LogP contribution in [-0.4, -0.2) is 26.3 Å². The Labute approximate surface area is 120 Å². The first-order valence-electron chi connectivity index (χ1n) is 6.44. The first-order chi connectivity index (χ1) is 8.99. The third-order valence-corrected chi connectivity index (χ3v) is 4.71. The Balaban J connectivity index is 3.26. The number of benzene rings is 1. The van der Waals surface area contributed by atoms with E-state index in [1.807, 2.05) is 20.8 Å². The molecule has 0 aliphatic rings. The predicted octanol–water partition coefficient (Wildman–Crippen LogP) is 2.26. The van der Waals surface area contributed by atoms with Gasteiger partial charge in [-0.25, -0.2) is 17.1 Å². The number of nitrogens with two attached hydrogens (primary N) is 1. The molecule has 2 N–H and O–H groups in total. The summed E-state index contributed by atoms with van der Waals surface area (Å²) in [6.07, 6.45) is 0. The maximum absolute atomic E-state index is 13.8. The Morgan fingerprint density at radius 3 is 2.30 bits per heavy atom. The van der Waals surface area contributed by atoms with Crippen molar-refractivity contribution in [3.8, 4) is 0 Å². The van der Waals surface area contributed by atoms with Gasteiger partial charge in [-0.2, -0.15) is 0 Å². The van der Waals surface area contributed by atoms with E-state index in [0.717, 1.165) is 0 Å². The Morgan fingerprint density at radius 2 is 1.85 bits per heavy atom. The maximum Gasteiger partial charge on any atom is 0.242 e. The second-order valence-corrected chi connectivity index (χ2v) is 8.28. The molecular weight excluding hydrogens is 279 g/mol. The molecule has 0 spiro atoms. The van der Waals surface area contributed by atoms with E-state index in [1.54, 1.807) is 0 Å². The highest BCUT2D eigenvalue weighted by atomic mass is 32.2. The van der Waals surface area contributed by atoms with Crippen LogP contribution in [0.2, 0.25) is 0 Å². The normalized spacial score (nSPS) is 13.0. The van der Waals surface area contributed by atoms with E-state index >= 15 is 0 Å². The van der Waals surface area contributed by atoms with Gasteiger partial charge in [0, 0.05) is 25.7 Å². The third-order valence-electron chi connectivity index (χ3n) is 2.93. The lowest BCUT2D eigenvalue weighted by Crippen LogP contribution is -2.34. The van der Waals surface area contributed by atoms with Gasteiger partial charge in [0.15, 0.2) is 0 Å². The average molecular weight is 302 g/mol. The fourth-order valence-corrected chi connectivity index (χ4v) is 3.57. The molecule has 0 bridgehead atoms. The van der Waals surface area contributed by atoms with Crippen LogP contribution in [0.15, 0.2) is 17.0 Å². The fraction of sp³-hybridized carbons (Fsp3) is 0.571. The number of aryl methyl sites for hydroxylation is 1. The van der Waals surface area contributed by atoms with Gasteiger partial charge in [-0.1, -0.05) is 20.8 Å². The van der Waals surface area contributed by atoms with Crippen LogP contribution in [0.1, 0.15) is 31.9 Å². The zero-order chi connectivity index (χ0) is 15.7. The van der Waals surface area contributed by atoms with Crippen molar-refractivity contribution in [1.29, 1.82) is 0 Å². The monoisotopic (exact) mass is 302 g/mol. The van der Waals surface area contributed by atoms with Crippen LogP contribution >= 0.6 is 0 Å². The van der Waals surface area contributed by atoms with E-state index in [0.29, 0.717) is 6.54 Å². The third kappa shape index (κ3) is 3.77. The molecule has 0 atom stereocenters. The van der Waals surface area contributed by atoms with Gasteiger partial charge < -0.3 is 5.73 Å².